The second kappa shape index (κ2) is 6.80. The van der Waals surface area contributed by atoms with Crippen LogP contribution in [0, 0.1) is 28.6 Å². The molecule has 0 radical (unpaired) electrons. The van der Waals surface area contributed by atoms with Gasteiger partial charge in [0, 0.05) is 4.88 Å². The predicted octanol–water partition coefficient (Wildman–Crippen LogP) is 3.66. The molecule has 0 aliphatic heterocycles. The van der Waals surface area contributed by atoms with Gasteiger partial charge in [-0.3, -0.25) is 9.59 Å². The van der Waals surface area contributed by atoms with Crippen molar-refractivity contribution in [3.8, 4) is 6.07 Å². The van der Waals surface area contributed by atoms with Crippen LogP contribution in [-0.4, -0.2) is 18.5 Å². The molecule has 1 aromatic rings. The summed E-state index contributed by atoms with van der Waals surface area (Å²) in [6, 6.07) is 2.24. The van der Waals surface area contributed by atoms with Gasteiger partial charge in [0.05, 0.1) is 11.5 Å². The quantitative estimate of drug-likeness (QED) is 0.831. The zero-order valence-corrected chi connectivity index (χ0v) is 15.8. The molecule has 0 spiro atoms. The van der Waals surface area contributed by atoms with Crippen LogP contribution in [0.4, 0.5) is 5.00 Å². The van der Waals surface area contributed by atoms with E-state index in [0.717, 1.165) is 37.7 Å². The van der Waals surface area contributed by atoms with Crippen molar-refractivity contribution >= 4 is 28.2 Å². The molecule has 2 aliphatic carbocycles. The summed E-state index contributed by atoms with van der Waals surface area (Å²) < 4.78 is 5.01. The monoisotopic (exact) mass is 360 g/mol. The molecule has 1 fully saturated rings. The molecule has 134 valence electrons. The molecule has 6 heteroatoms. The van der Waals surface area contributed by atoms with Gasteiger partial charge in [0.1, 0.15) is 11.1 Å². The van der Waals surface area contributed by atoms with E-state index in [1.807, 2.05) is 0 Å². The zero-order valence-electron chi connectivity index (χ0n) is 15.0. The summed E-state index contributed by atoms with van der Waals surface area (Å²) in [5.41, 5.74) is 1.89. The molecule has 0 unspecified atom stereocenters. The Bertz CT molecular complexity index is 735. The first-order chi connectivity index (χ1) is 11.8. The minimum absolute atomic E-state index is 0.0224. The Labute approximate surface area is 152 Å². The lowest BCUT2D eigenvalue weighted by Gasteiger charge is -2.33. The van der Waals surface area contributed by atoms with Gasteiger partial charge in [0.25, 0.3) is 5.91 Å². The fourth-order valence-corrected chi connectivity index (χ4v) is 4.56. The van der Waals surface area contributed by atoms with E-state index in [1.165, 1.54) is 16.2 Å². The maximum atomic E-state index is 12.1. The zero-order chi connectivity index (χ0) is 18.2. The maximum absolute atomic E-state index is 12.1. The van der Waals surface area contributed by atoms with Crippen molar-refractivity contribution in [1.29, 1.82) is 5.26 Å². The van der Waals surface area contributed by atoms with Crippen LogP contribution in [-0.2, 0) is 27.2 Å². The molecule has 3 rings (SSSR count). The average Bonchev–Trinajstić information content (AvgIpc) is 3.33. The SMILES string of the molecule is CC(C)(C)[C@@H]1CCc2c(sc(NC(=O)COC(=O)C3CC3)c2C#N)C1. The topological polar surface area (TPSA) is 79.2 Å². The van der Waals surface area contributed by atoms with E-state index < -0.39 is 0 Å². The number of hydrogen-bond acceptors (Lipinski definition) is 5. The van der Waals surface area contributed by atoms with E-state index in [9.17, 15) is 14.9 Å². The molecule has 1 N–H and O–H groups in total. The third kappa shape index (κ3) is 4.04. The van der Waals surface area contributed by atoms with Gasteiger partial charge in [-0.15, -0.1) is 11.3 Å². The fraction of sp³-hybridized carbons (Fsp3) is 0.632. The van der Waals surface area contributed by atoms with Gasteiger partial charge in [-0.2, -0.15) is 5.26 Å². The highest BCUT2D eigenvalue weighted by molar-refractivity contribution is 7.16. The second-order valence-electron chi connectivity index (χ2n) is 8.06. The molecular weight excluding hydrogens is 336 g/mol. The Morgan fingerprint density at radius 2 is 2.04 bits per heavy atom. The molecule has 0 aromatic carbocycles. The first-order valence-corrected chi connectivity index (χ1v) is 9.62. The van der Waals surface area contributed by atoms with Gasteiger partial charge in [0.15, 0.2) is 6.61 Å². The highest BCUT2D eigenvalue weighted by atomic mass is 32.1. The standard InChI is InChI=1S/C19H24N2O3S/c1-19(2,3)12-6-7-13-14(9-20)17(25-15(13)8-12)21-16(22)10-24-18(23)11-4-5-11/h11-12H,4-8,10H2,1-3H3,(H,21,22)/t12-/m1/s1. The van der Waals surface area contributed by atoms with Crippen molar-refractivity contribution in [3.63, 3.8) is 0 Å². The van der Waals surface area contributed by atoms with Crippen LogP contribution in [0.25, 0.3) is 0 Å². The second-order valence-corrected chi connectivity index (χ2v) is 9.16. The summed E-state index contributed by atoms with van der Waals surface area (Å²) in [5.74, 6) is -0.121. The number of rotatable bonds is 4. The highest BCUT2D eigenvalue weighted by Crippen LogP contribution is 2.43. The summed E-state index contributed by atoms with van der Waals surface area (Å²) >= 11 is 1.49. The third-order valence-electron chi connectivity index (χ3n) is 5.11. The summed E-state index contributed by atoms with van der Waals surface area (Å²) in [4.78, 5) is 24.8. The molecule has 1 atom stereocenters. The molecule has 0 saturated heterocycles. The first-order valence-electron chi connectivity index (χ1n) is 8.80. The van der Waals surface area contributed by atoms with Crippen LogP contribution in [0.2, 0.25) is 0 Å². The summed E-state index contributed by atoms with van der Waals surface area (Å²) in [5, 5.41) is 12.9. The molecule has 1 heterocycles. The van der Waals surface area contributed by atoms with Crippen molar-refractivity contribution < 1.29 is 14.3 Å². The number of nitrogens with one attached hydrogen (secondary N) is 1. The fourth-order valence-electron chi connectivity index (χ4n) is 3.27. The van der Waals surface area contributed by atoms with Crippen LogP contribution in [0.15, 0.2) is 0 Å². The first kappa shape index (κ1) is 17.9. The Balaban J connectivity index is 1.68. The number of nitriles is 1. The van der Waals surface area contributed by atoms with E-state index in [4.69, 9.17) is 4.74 Å². The highest BCUT2D eigenvalue weighted by Gasteiger charge is 2.33. The summed E-state index contributed by atoms with van der Waals surface area (Å²) in [7, 11) is 0. The predicted molar refractivity (Wildman–Crippen MR) is 96.3 cm³/mol. The minimum Gasteiger partial charge on any atom is -0.455 e. The molecular formula is C19H24N2O3S. The lowest BCUT2D eigenvalue weighted by atomic mass is 9.72. The number of amides is 1. The van der Waals surface area contributed by atoms with E-state index in [-0.39, 0.29) is 29.8 Å². The number of esters is 1. The number of thiophene rings is 1. The van der Waals surface area contributed by atoms with Gasteiger partial charge < -0.3 is 10.1 Å². The van der Waals surface area contributed by atoms with E-state index in [0.29, 0.717) is 16.5 Å². The molecule has 1 amide bonds. The number of carbonyl (C=O) groups is 2. The number of carbonyl (C=O) groups excluding carboxylic acids is 2. The van der Waals surface area contributed by atoms with E-state index >= 15 is 0 Å². The smallest absolute Gasteiger partial charge is 0.309 e. The number of anilines is 1. The van der Waals surface area contributed by atoms with Gasteiger partial charge in [0.2, 0.25) is 0 Å². The van der Waals surface area contributed by atoms with Crippen molar-refractivity contribution in [2.45, 2.75) is 52.9 Å². The van der Waals surface area contributed by atoms with Gasteiger partial charge >= 0.3 is 5.97 Å². The summed E-state index contributed by atoms with van der Waals surface area (Å²) in [6.07, 6.45) is 4.60. The Kier molecular flexibility index (Phi) is 4.88. The average molecular weight is 360 g/mol. The minimum atomic E-state index is -0.378. The number of fused-ring (bicyclic) bond motifs is 1. The molecule has 25 heavy (non-hydrogen) atoms. The van der Waals surface area contributed by atoms with Crippen LogP contribution >= 0.6 is 11.3 Å². The number of ether oxygens (including phenoxy) is 1. The molecule has 2 aliphatic rings. The van der Waals surface area contributed by atoms with E-state index in [2.05, 4.69) is 32.2 Å². The van der Waals surface area contributed by atoms with Gasteiger partial charge in [-0.05, 0) is 49.0 Å². The number of hydrogen-bond donors (Lipinski definition) is 1. The maximum Gasteiger partial charge on any atom is 0.309 e. The Morgan fingerprint density at radius 3 is 2.64 bits per heavy atom. The van der Waals surface area contributed by atoms with Crippen LogP contribution in [0.3, 0.4) is 0 Å². The molecule has 1 saturated carbocycles. The molecule has 5 nitrogen and oxygen atoms in total. The van der Waals surface area contributed by atoms with Crippen molar-refractivity contribution in [3.05, 3.63) is 16.0 Å². The Morgan fingerprint density at radius 1 is 1.32 bits per heavy atom. The van der Waals surface area contributed by atoms with Crippen LogP contribution < -0.4 is 5.32 Å². The van der Waals surface area contributed by atoms with Gasteiger partial charge in [-0.25, -0.2) is 0 Å². The van der Waals surface area contributed by atoms with Crippen molar-refractivity contribution in [2.75, 3.05) is 11.9 Å². The largest absolute Gasteiger partial charge is 0.455 e. The third-order valence-corrected chi connectivity index (χ3v) is 6.28. The molecule has 1 aromatic heterocycles. The lowest BCUT2D eigenvalue weighted by molar-refractivity contribution is -0.148. The van der Waals surface area contributed by atoms with E-state index in [1.54, 1.807) is 0 Å². The number of nitrogens with zero attached hydrogens (tertiary/aromatic N) is 1. The van der Waals surface area contributed by atoms with Crippen LogP contribution in [0.1, 0.15) is 56.0 Å². The van der Waals surface area contributed by atoms with Crippen molar-refractivity contribution in [1.82, 2.24) is 0 Å². The Hall–Kier alpha value is -1.87. The lowest BCUT2D eigenvalue weighted by Crippen LogP contribution is -2.26. The van der Waals surface area contributed by atoms with Gasteiger partial charge in [-0.1, -0.05) is 20.8 Å². The normalized spacial score (nSPS) is 19.7. The van der Waals surface area contributed by atoms with Crippen molar-refractivity contribution in [2.24, 2.45) is 17.3 Å². The molecule has 0 bridgehead atoms. The van der Waals surface area contributed by atoms with Crippen LogP contribution in [0.5, 0.6) is 0 Å². The summed E-state index contributed by atoms with van der Waals surface area (Å²) in [6.45, 7) is 6.46.